The topological polar surface area (TPSA) is 58.1 Å². The minimum Gasteiger partial charge on any atom is -0.382 e. The number of aliphatic imine (C=N–C) groups is 1. The normalized spacial score (nSPS) is 21.8. The van der Waals surface area contributed by atoms with Crippen LogP contribution in [0.2, 0.25) is 0 Å². The number of hydrogen-bond acceptors (Lipinski definition) is 4. The van der Waals surface area contributed by atoms with Crippen LogP contribution in [0.1, 0.15) is 51.9 Å². The molecule has 0 aromatic carbocycles. The van der Waals surface area contributed by atoms with Crippen molar-refractivity contribution < 1.29 is 9.47 Å². The molecule has 1 aliphatic heterocycles. The zero-order chi connectivity index (χ0) is 17.7. The van der Waals surface area contributed by atoms with Crippen LogP contribution in [0.3, 0.4) is 0 Å². The number of guanidine groups is 1. The lowest BCUT2D eigenvalue weighted by molar-refractivity contribution is 0.0690. The maximum Gasteiger partial charge on any atom is 0.191 e. The number of hydrogen-bond donors (Lipinski definition) is 2. The van der Waals surface area contributed by atoms with Gasteiger partial charge in [-0.15, -0.1) is 24.0 Å². The smallest absolute Gasteiger partial charge is 0.191 e. The standard InChI is InChI=1S/C19H38N4O2.HI/c1-3-20-19(21-11-6-7-13-25-15-14-24-2)22-17-10-12-23(16-17)18-8-4-5-9-18;/h17-18H,3-16H2,1-2H3,(H2,20,21,22);1H. The van der Waals surface area contributed by atoms with Gasteiger partial charge < -0.3 is 20.1 Å². The summed E-state index contributed by atoms with van der Waals surface area (Å²) in [6, 6.07) is 1.38. The van der Waals surface area contributed by atoms with Crippen molar-refractivity contribution in [1.29, 1.82) is 0 Å². The minimum atomic E-state index is 0. The fourth-order valence-corrected chi connectivity index (χ4v) is 3.77. The second kappa shape index (κ2) is 14.9. The number of unbranched alkanes of at least 4 members (excludes halogenated alkanes) is 1. The third kappa shape index (κ3) is 9.19. The highest BCUT2D eigenvalue weighted by molar-refractivity contribution is 14.0. The summed E-state index contributed by atoms with van der Waals surface area (Å²) in [7, 11) is 1.70. The van der Waals surface area contributed by atoms with Crippen LogP contribution in [-0.4, -0.2) is 76.1 Å². The summed E-state index contributed by atoms with van der Waals surface area (Å²) in [6.45, 7) is 8.44. The van der Waals surface area contributed by atoms with Crippen LogP contribution in [-0.2, 0) is 9.47 Å². The van der Waals surface area contributed by atoms with Crippen LogP contribution >= 0.6 is 24.0 Å². The van der Waals surface area contributed by atoms with Gasteiger partial charge in [-0.2, -0.15) is 0 Å². The van der Waals surface area contributed by atoms with Gasteiger partial charge in [-0.25, -0.2) is 0 Å². The first-order valence-corrected chi connectivity index (χ1v) is 10.2. The molecule has 1 saturated carbocycles. The molecule has 1 atom stereocenters. The zero-order valence-corrected chi connectivity index (χ0v) is 19.0. The summed E-state index contributed by atoms with van der Waals surface area (Å²) < 4.78 is 10.5. The first kappa shape index (κ1) is 23.9. The third-order valence-corrected chi connectivity index (χ3v) is 5.14. The lowest BCUT2D eigenvalue weighted by atomic mass is 10.2. The predicted octanol–water partition coefficient (Wildman–Crippen LogP) is 2.62. The maximum atomic E-state index is 5.49. The molecular weight excluding hydrogens is 443 g/mol. The number of rotatable bonds is 11. The van der Waals surface area contributed by atoms with Crippen LogP contribution in [0.5, 0.6) is 0 Å². The van der Waals surface area contributed by atoms with Crippen LogP contribution in [0.25, 0.3) is 0 Å². The molecule has 1 unspecified atom stereocenters. The lowest BCUT2D eigenvalue weighted by Gasteiger charge is -2.24. The molecule has 0 aromatic heterocycles. The van der Waals surface area contributed by atoms with Gasteiger partial charge in [0.15, 0.2) is 5.96 Å². The molecule has 2 aliphatic rings. The molecule has 0 bridgehead atoms. The number of nitrogens with zero attached hydrogens (tertiary/aromatic N) is 2. The van der Waals surface area contributed by atoms with Crippen molar-refractivity contribution >= 4 is 29.9 Å². The van der Waals surface area contributed by atoms with Gasteiger partial charge in [-0.1, -0.05) is 12.8 Å². The fraction of sp³-hybridized carbons (Fsp3) is 0.947. The van der Waals surface area contributed by atoms with E-state index in [9.17, 15) is 0 Å². The molecule has 0 radical (unpaired) electrons. The van der Waals surface area contributed by atoms with Gasteiger partial charge in [0.25, 0.3) is 0 Å². The highest BCUT2D eigenvalue weighted by Gasteiger charge is 2.30. The Kier molecular flexibility index (Phi) is 13.7. The summed E-state index contributed by atoms with van der Waals surface area (Å²) in [4.78, 5) is 7.42. The second-order valence-electron chi connectivity index (χ2n) is 7.14. The van der Waals surface area contributed by atoms with Gasteiger partial charge in [0, 0.05) is 52.0 Å². The lowest BCUT2D eigenvalue weighted by Crippen LogP contribution is -2.45. The molecule has 0 spiro atoms. The van der Waals surface area contributed by atoms with Gasteiger partial charge >= 0.3 is 0 Å². The van der Waals surface area contributed by atoms with Crippen molar-refractivity contribution in [3.63, 3.8) is 0 Å². The Bertz CT molecular complexity index is 379. The number of ether oxygens (including phenoxy) is 2. The minimum absolute atomic E-state index is 0. The SMILES string of the molecule is CCNC(=NCCCCOCCOC)NC1CCN(C2CCCC2)C1.I. The summed E-state index contributed by atoms with van der Waals surface area (Å²) in [5, 5.41) is 7.02. The van der Waals surface area contributed by atoms with E-state index in [1.165, 1.54) is 45.2 Å². The van der Waals surface area contributed by atoms with Gasteiger partial charge in [0.2, 0.25) is 0 Å². The quantitative estimate of drug-likeness (QED) is 0.205. The van der Waals surface area contributed by atoms with E-state index in [-0.39, 0.29) is 24.0 Å². The average molecular weight is 482 g/mol. The zero-order valence-electron chi connectivity index (χ0n) is 16.7. The molecule has 26 heavy (non-hydrogen) atoms. The summed E-state index contributed by atoms with van der Waals surface area (Å²) >= 11 is 0. The maximum absolute atomic E-state index is 5.49. The Hall–Kier alpha value is -0.120. The van der Waals surface area contributed by atoms with Crippen molar-refractivity contribution in [3.05, 3.63) is 0 Å². The number of nitrogens with one attached hydrogen (secondary N) is 2. The largest absolute Gasteiger partial charge is 0.382 e. The molecule has 2 fully saturated rings. The Morgan fingerprint density at radius 1 is 1.12 bits per heavy atom. The molecule has 0 amide bonds. The first-order chi connectivity index (χ1) is 12.3. The second-order valence-corrected chi connectivity index (χ2v) is 7.14. The molecule has 2 rings (SSSR count). The summed E-state index contributed by atoms with van der Waals surface area (Å²) in [5.74, 6) is 0.973. The summed E-state index contributed by atoms with van der Waals surface area (Å²) in [5.41, 5.74) is 0. The summed E-state index contributed by atoms with van der Waals surface area (Å²) in [6.07, 6.45) is 8.96. The third-order valence-electron chi connectivity index (χ3n) is 5.14. The molecule has 6 nitrogen and oxygen atoms in total. The molecule has 2 N–H and O–H groups in total. The van der Waals surface area contributed by atoms with Crippen molar-refractivity contribution in [2.45, 2.75) is 64.0 Å². The Balaban J connectivity index is 0.00000338. The Labute approximate surface area is 176 Å². The van der Waals surface area contributed by atoms with E-state index in [1.807, 2.05) is 0 Å². The van der Waals surface area contributed by atoms with Gasteiger partial charge in [0.05, 0.1) is 13.2 Å². The number of methoxy groups -OCH3 is 1. The Morgan fingerprint density at radius 2 is 1.92 bits per heavy atom. The fourth-order valence-electron chi connectivity index (χ4n) is 3.77. The van der Waals surface area contributed by atoms with E-state index in [2.05, 4.69) is 22.5 Å². The predicted molar refractivity (Wildman–Crippen MR) is 119 cm³/mol. The average Bonchev–Trinajstić information content (AvgIpc) is 3.28. The molecule has 154 valence electrons. The molecule has 7 heteroatoms. The highest BCUT2D eigenvalue weighted by Crippen LogP contribution is 2.26. The van der Waals surface area contributed by atoms with E-state index in [0.717, 1.165) is 44.5 Å². The van der Waals surface area contributed by atoms with Crippen molar-refractivity contribution in [2.75, 3.05) is 53.1 Å². The van der Waals surface area contributed by atoms with Gasteiger partial charge in [-0.05, 0) is 39.0 Å². The molecule has 1 saturated heterocycles. The Morgan fingerprint density at radius 3 is 2.65 bits per heavy atom. The highest BCUT2D eigenvalue weighted by atomic mass is 127. The van der Waals surface area contributed by atoms with E-state index >= 15 is 0 Å². The van der Waals surface area contributed by atoms with E-state index in [4.69, 9.17) is 14.5 Å². The van der Waals surface area contributed by atoms with Gasteiger partial charge in [0.1, 0.15) is 0 Å². The molecular formula is C19H39IN4O2. The van der Waals surface area contributed by atoms with E-state index in [1.54, 1.807) is 7.11 Å². The van der Waals surface area contributed by atoms with Crippen LogP contribution in [0, 0.1) is 0 Å². The van der Waals surface area contributed by atoms with Crippen molar-refractivity contribution in [2.24, 2.45) is 4.99 Å². The molecule has 1 aliphatic carbocycles. The number of likely N-dealkylation sites (tertiary alicyclic amines) is 1. The van der Waals surface area contributed by atoms with E-state index in [0.29, 0.717) is 19.3 Å². The molecule has 0 aromatic rings. The molecule has 1 heterocycles. The van der Waals surface area contributed by atoms with Gasteiger partial charge in [-0.3, -0.25) is 9.89 Å². The van der Waals surface area contributed by atoms with E-state index < -0.39 is 0 Å². The van der Waals surface area contributed by atoms with Crippen molar-refractivity contribution in [1.82, 2.24) is 15.5 Å². The monoisotopic (exact) mass is 482 g/mol. The van der Waals surface area contributed by atoms with Crippen LogP contribution < -0.4 is 10.6 Å². The van der Waals surface area contributed by atoms with Crippen molar-refractivity contribution in [3.8, 4) is 0 Å². The first-order valence-electron chi connectivity index (χ1n) is 10.2. The van der Waals surface area contributed by atoms with Crippen LogP contribution in [0.15, 0.2) is 4.99 Å². The number of halogens is 1. The van der Waals surface area contributed by atoms with Crippen LogP contribution in [0.4, 0.5) is 0 Å².